The fourth-order valence-corrected chi connectivity index (χ4v) is 1.13. The van der Waals surface area contributed by atoms with Gasteiger partial charge < -0.3 is 17.6 Å². The Balaban J connectivity index is 0. The maximum absolute atomic E-state index is 8.88. The molecule has 1 aromatic carbocycles. The fourth-order valence-electron chi connectivity index (χ4n) is 1.13. The number of methoxy groups -OCH3 is 1. The first-order chi connectivity index (χ1) is 5.79. The standard InChI is InChI=1S/C10H12NO.CH3.W/c1-8(12-2)10-6-4-3-5-9(10)7-11;;/h3-8H,1-2H3;1H3;/q2*-1;+2. The average molecular weight is 361 g/mol. The summed E-state index contributed by atoms with van der Waals surface area (Å²) >= 11 is 0. The number of nitrogens with zero attached hydrogens (tertiary/aromatic N) is 1. The van der Waals surface area contributed by atoms with E-state index in [2.05, 4.69) is 0 Å². The van der Waals surface area contributed by atoms with Crippen molar-refractivity contribution in [3.63, 3.8) is 0 Å². The molecule has 0 aliphatic heterocycles. The second-order valence-corrected chi connectivity index (χ2v) is 2.64. The molecule has 0 bridgehead atoms. The third-order valence-electron chi connectivity index (χ3n) is 1.93. The zero-order chi connectivity index (χ0) is 8.97. The fraction of sp³-hybridized carbons (Fsp3) is 0.273. The quantitative estimate of drug-likeness (QED) is 0.602. The van der Waals surface area contributed by atoms with Crippen molar-refractivity contribution in [1.29, 1.82) is 0 Å². The Labute approximate surface area is 100 Å². The zero-order valence-corrected chi connectivity index (χ0v) is 11.7. The van der Waals surface area contributed by atoms with Crippen LogP contribution in [-0.4, -0.2) is 13.3 Å². The molecule has 0 aliphatic rings. The van der Waals surface area contributed by atoms with Gasteiger partial charge in [-0.3, -0.25) is 0 Å². The van der Waals surface area contributed by atoms with Crippen molar-refractivity contribution in [2.45, 2.75) is 13.0 Å². The molecule has 0 N–H and O–H groups in total. The minimum Gasteiger partial charge on any atom is -0.810 e. The molecule has 0 spiro atoms. The number of rotatable bonds is 3. The molecule has 0 fully saturated rings. The van der Waals surface area contributed by atoms with Crippen molar-refractivity contribution in [3.8, 4) is 0 Å². The first-order valence-electron chi connectivity index (χ1n) is 3.88. The van der Waals surface area contributed by atoms with Crippen molar-refractivity contribution < 1.29 is 25.8 Å². The second kappa shape index (κ2) is 7.90. The summed E-state index contributed by atoms with van der Waals surface area (Å²) in [5.74, 6) is 0. The first kappa shape index (κ1) is 16.0. The van der Waals surface area contributed by atoms with E-state index in [4.69, 9.17) is 10.1 Å². The van der Waals surface area contributed by atoms with Crippen LogP contribution >= 0.6 is 0 Å². The molecule has 14 heavy (non-hydrogen) atoms. The van der Waals surface area contributed by atoms with Gasteiger partial charge >= 0.3 is 21.1 Å². The van der Waals surface area contributed by atoms with Crippen LogP contribution in [0.15, 0.2) is 24.3 Å². The Morgan fingerprint density at radius 2 is 1.93 bits per heavy atom. The molecule has 76 valence electrons. The maximum Gasteiger partial charge on any atom is 2.00 e. The van der Waals surface area contributed by atoms with Crippen LogP contribution < -0.4 is 0 Å². The minimum absolute atomic E-state index is 0. The molecule has 3 heteroatoms. The van der Waals surface area contributed by atoms with Gasteiger partial charge in [0.25, 0.3) is 0 Å². The van der Waals surface area contributed by atoms with Crippen LogP contribution in [0, 0.1) is 7.43 Å². The van der Waals surface area contributed by atoms with Gasteiger partial charge in [-0.1, -0.05) is 24.3 Å². The van der Waals surface area contributed by atoms with E-state index >= 15 is 0 Å². The van der Waals surface area contributed by atoms with Gasteiger partial charge in [-0.15, -0.1) is 0 Å². The van der Waals surface area contributed by atoms with Crippen LogP contribution in [0.1, 0.15) is 24.2 Å². The van der Waals surface area contributed by atoms with Crippen molar-refractivity contribution in [3.05, 3.63) is 48.2 Å². The van der Waals surface area contributed by atoms with E-state index in [1.807, 2.05) is 31.2 Å². The molecule has 0 aromatic heterocycles. The second-order valence-electron chi connectivity index (χ2n) is 2.64. The largest absolute Gasteiger partial charge is 2.00 e. The Morgan fingerprint density at radius 3 is 2.43 bits per heavy atom. The van der Waals surface area contributed by atoms with E-state index in [0.717, 1.165) is 17.3 Å². The Hall–Kier alpha value is -0.462. The summed E-state index contributed by atoms with van der Waals surface area (Å²) in [4.78, 5) is 0. The molecule has 1 rings (SSSR count). The van der Waals surface area contributed by atoms with Crippen LogP contribution in [-0.2, 0) is 25.8 Å². The predicted molar refractivity (Wildman–Crippen MR) is 56.8 cm³/mol. The summed E-state index contributed by atoms with van der Waals surface area (Å²) in [5, 5.41) is 8.88. The van der Waals surface area contributed by atoms with E-state index < -0.39 is 0 Å². The van der Waals surface area contributed by atoms with Gasteiger partial charge in [0.05, 0.1) is 6.10 Å². The zero-order valence-electron chi connectivity index (χ0n) is 8.73. The van der Waals surface area contributed by atoms with Gasteiger partial charge in [0.1, 0.15) is 0 Å². The van der Waals surface area contributed by atoms with Crippen molar-refractivity contribution >= 4 is 6.21 Å². The first-order valence-corrected chi connectivity index (χ1v) is 3.88. The summed E-state index contributed by atoms with van der Waals surface area (Å²) in [7, 11) is 1.65. The van der Waals surface area contributed by atoms with Crippen LogP contribution in [0.25, 0.3) is 5.41 Å². The predicted octanol–water partition coefficient (Wildman–Crippen LogP) is 2.83. The molecule has 0 saturated heterocycles. The molecule has 0 amide bonds. The van der Waals surface area contributed by atoms with Crippen molar-refractivity contribution in [2.75, 3.05) is 7.11 Å². The number of ether oxygens (including phenoxy) is 1. The third-order valence-corrected chi connectivity index (χ3v) is 1.93. The molecule has 1 aromatic rings. The van der Waals surface area contributed by atoms with Gasteiger partial charge in [-0.2, -0.15) is 6.21 Å². The van der Waals surface area contributed by atoms with Crippen LogP contribution in [0.3, 0.4) is 0 Å². The summed E-state index contributed by atoms with van der Waals surface area (Å²) in [6.07, 6.45) is 1.12. The number of benzene rings is 1. The maximum atomic E-state index is 8.88. The average Bonchev–Trinajstić information content (AvgIpc) is 2.16. The summed E-state index contributed by atoms with van der Waals surface area (Å²) < 4.78 is 5.15. The molecule has 0 saturated carbocycles. The Kier molecular flexibility index (Phi) is 9.02. The summed E-state index contributed by atoms with van der Waals surface area (Å²) in [5.41, 5.74) is 1.81. The Bertz CT molecular complexity index is 276. The number of hydrogen-bond acceptors (Lipinski definition) is 1. The smallest absolute Gasteiger partial charge is 0.810 e. The van der Waals surface area contributed by atoms with Crippen molar-refractivity contribution in [2.24, 2.45) is 0 Å². The van der Waals surface area contributed by atoms with Crippen LogP contribution in [0.5, 0.6) is 0 Å². The van der Waals surface area contributed by atoms with E-state index in [1.54, 1.807) is 7.11 Å². The van der Waals surface area contributed by atoms with Gasteiger partial charge in [0.15, 0.2) is 0 Å². The van der Waals surface area contributed by atoms with E-state index in [9.17, 15) is 0 Å². The molecule has 1 atom stereocenters. The third kappa shape index (κ3) is 3.73. The SMILES string of the molecule is COC(C)c1ccccc1C=[N-].[CH3-].[W+2]. The number of hydrogen-bond donors (Lipinski definition) is 0. The van der Waals surface area contributed by atoms with Crippen LogP contribution in [0.2, 0.25) is 0 Å². The Morgan fingerprint density at radius 1 is 1.36 bits per heavy atom. The minimum atomic E-state index is 0. The van der Waals surface area contributed by atoms with Gasteiger partial charge in [-0.05, 0) is 18.1 Å². The van der Waals surface area contributed by atoms with E-state index in [0.29, 0.717) is 0 Å². The molecule has 0 radical (unpaired) electrons. The van der Waals surface area contributed by atoms with Crippen molar-refractivity contribution in [1.82, 2.24) is 0 Å². The van der Waals surface area contributed by atoms with E-state index in [1.165, 1.54) is 0 Å². The molecule has 0 heterocycles. The monoisotopic (exact) mass is 361 g/mol. The van der Waals surface area contributed by atoms with E-state index in [-0.39, 0.29) is 34.6 Å². The molecule has 1 unspecified atom stereocenters. The van der Waals surface area contributed by atoms with Gasteiger partial charge in [0.2, 0.25) is 0 Å². The topological polar surface area (TPSA) is 31.5 Å². The van der Waals surface area contributed by atoms with Gasteiger partial charge in [-0.25, -0.2) is 0 Å². The summed E-state index contributed by atoms with van der Waals surface area (Å²) in [6.45, 7) is 1.95. The summed E-state index contributed by atoms with van der Waals surface area (Å²) in [6, 6.07) is 7.60. The molecular formula is C11H15NOW. The van der Waals surface area contributed by atoms with Crippen LogP contribution in [0.4, 0.5) is 0 Å². The molecule has 2 nitrogen and oxygen atoms in total. The molecular weight excluding hydrogens is 346 g/mol. The normalized spacial score (nSPS) is 10.7. The van der Waals surface area contributed by atoms with Gasteiger partial charge in [0, 0.05) is 7.11 Å². The molecule has 0 aliphatic carbocycles.